The Labute approximate surface area is 187 Å². The van der Waals surface area contributed by atoms with Crippen molar-refractivity contribution in [2.24, 2.45) is 0 Å². The average molecular weight is 506 g/mol. The van der Waals surface area contributed by atoms with Crippen LogP contribution in [0.5, 0.6) is 0 Å². The molecule has 3 aromatic rings. The molecule has 2 aromatic carbocycles. The van der Waals surface area contributed by atoms with Gasteiger partial charge in [-0.1, -0.05) is 30.7 Å². The van der Waals surface area contributed by atoms with Crippen LogP contribution in [-0.2, 0) is 26.0 Å². The maximum Gasteiger partial charge on any atom is 0.416 e. The molecule has 32 heavy (non-hydrogen) atoms. The lowest BCUT2D eigenvalue weighted by Crippen LogP contribution is -2.15. The molecule has 0 saturated carbocycles. The lowest BCUT2D eigenvalue weighted by molar-refractivity contribution is -0.137. The predicted octanol–water partition coefficient (Wildman–Crippen LogP) is 4.41. The number of sulfone groups is 1. The lowest BCUT2D eigenvalue weighted by Gasteiger charge is -2.13. The number of benzene rings is 2. The molecule has 170 valence electrons. The number of hydrogen-bond donors (Lipinski definition) is 1. The number of rotatable bonds is 6. The summed E-state index contributed by atoms with van der Waals surface area (Å²) in [5, 5.41) is 7.05. The van der Waals surface area contributed by atoms with Gasteiger partial charge in [-0.3, -0.25) is 4.72 Å². The maximum atomic E-state index is 12.9. The molecule has 0 bridgehead atoms. The topological polar surface area (TPSA) is 106 Å². The van der Waals surface area contributed by atoms with E-state index in [1.807, 2.05) is 0 Å². The zero-order chi connectivity index (χ0) is 23.7. The van der Waals surface area contributed by atoms with Gasteiger partial charge in [0.25, 0.3) is 10.0 Å². The fourth-order valence-corrected chi connectivity index (χ4v) is 4.91. The minimum Gasteiger partial charge on any atom is -0.280 e. The molecule has 0 amide bonds. The Morgan fingerprint density at radius 1 is 0.938 bits per heavy atom. The quantitative estimate of drug-likeness (QED) is 0.532. The Balaban J connectivity index is 1.84. The number of anilines is 1. The van der Waals surface area contributed by atoms with Crippen molar-refractivity contribution >= 4 is 37.1 Å². The SMILES string of the molecule is CCS(=O)(=O)c1ccc(-c2ccc(NS(=O)(=O)c3cc(C(F)(F)F)ccc3Cl)cc2)nn1. The molecule has 7 nitrogen and oxygen atoms in total. The van der Waals surface area contributed by atoms with Gasteiger partial charge < -0.3 is 0 Å². The standard InChI is InChI=1S/C19H15ClF3N3O4S2/c1-2-31(27,28)18-10-9-16(24-25-18)12-3-6-14(7-4-12)26-32(29,30)17-11-13(19(21,22)23)5-8-15(17)20/h3-11,26H,2H2,1H3. The summed E-state index contributed by atoms with van der Waals surface area (Å²) >= 11 is 5.81. The summed E-state index contributed by atoms with van der Waals surface area (Å²) in [5.41, 5.74) is -0.224. The minimum absolute atomic E-state index is 0.0698. The molecule has 0 spiro atoms. The third kappa shape index (κ3) is 5.19. The maximum absolute atomic E-state index is 12.9. The molecule has 0 fully saturated rings. The van der Waals surface area contributed by atoms with Gasteiger partial charge in [-0.15, -0.1) is 10.2 Å². The van der Waals surface area contributed by atoms with E-state index in [-0.39, 0.29) is 21.5 Å². The molecule has 1 aromatic heterocycles. The summed E-state index contributed by atoms with van der Waals surface area (Å²) in [7, 11) is -7.90. The summed E-state index contributed by atoms with van der Waals surface area (Å²) in [5.74, 6) is -0.119. The minimum atomic E-state index is -4.73. The summed E-state index contributed by atoms with van der Waals surface area (Å²) in [4.78, 5) is -0.711. The van der Waals surface area contributed by atoms with Gasteiger partial charge in [0, 0.05) is 11.3 Å². The Hall–Kier alpha value is -2.70. The number of halogens is 4. The van der Waals surface area contributed by atoms with Crippen LogP contribution in [0.25, 0.3) is 11.3 Å². The highest BCUT2D eigenvalue weighted by Crippen LogP contribution is 2.34. The van der Waals surface area contributed by atoms with Gasteiger partial charge in [0.15, 0.2) is 14.9 Å². The molecule has 0 unspecified atom stereocenters. The first-order valence-electron chi connectivity index (χ1n) is 8.90. The lowest BCUT2D eigenvalue weighted by atomic mass is 10.1. The molecule has 0 saturated heterocycles. The van der Waals surface area contributed by atoms with Crippen LogP contribution in [0.3, 0.4) is 0 Å². The molecular weight excluding hydrogens is 491 g/mol. The number of nitrogens with zero attached hydrogens (tertiary/aromatic N) is 2. The Morgan fingerprint density at radius 2 is 1.59 bits per heavy atom. The molecule has 0 atom stereocenters. The summed E-state index contributed by atoms with van der Waals surface area (Å²) < 4.78 is 89.7. The van der Waals surface area contributed by atoms with E-state index in [1.54, 1.807) is 0 Å². The van der Waals surface area contributed by atoms with Gasteiger partial charge in [-0.2, -0.15) is 13.2 Å². The third-order valence-corrected chi connectivity index (χ3v) is 7.80. The second kappa shape index (κ2) is 8.68. The first kappa shape index (κ1) is 24.0. The molecule has 1 N–H and O–H groups in total. The van der Waals surface area contributed by atoms with Gasteiger partial charge in [0.05, 0.1) is 22.0 Å². The number of hydrogen-bond acceptors (Lipinski definition) is 6. The van der Waals surface area contributed by atoms with E-state index in [0.717, 1.165) is 6.07 Å². The van der Waals surface area contributed by atoms with E-state index in [0.29, 0.717) is 23.4 Å². The van der Waals surface area contributed by atoms with E-state index in [2.05, 4.69) is 14.9 Å². The highest BCUT2D eigenvalue weighted by atomic mass is 35.5. The summed E-state index contributed by atoms with van der Waals surface area (Å²) in [6, 6.07) is 10.5. The van der Waals surface area contributed by atoms with Crippen LogP contribution in [-0.4, -0.2) is 32.8 Å². The van der Waals surface area contributed by atoms with E-state index in [9.17, 15) is 30.0 Å². The van der Waals surface area contributed by atoms with E-state index >= 15 is 0 Å². The second-order valence-electron chi connectivity index (χ2n) is 6.49. The smallest absolute Gasteiger partial charge is 0.280 e. The van der Waals surface area contributed by atoms with Crippen molar-refractivity contribution in [2.45, 2.75) is 23.0 Å². The zero-order valence-electron chi connectivity index (χ0n) is 16.3. The second-order valence-corrected chi connectivity index (χ2v) is 10.8. The van der Waals surface area contributed by atoms with Gasteiger partial charge >= 0.3 is 6.18 Å². The molecule has 13 heteroatoms. The third-order valence-electron chi connectivity index (χ3n) is 4.32. The Kier molecular flexibility index (Phi) is 6.50. The van der Waals surface area contributed by atoms with Crippen molar-refractivity contribution in [3.63, 3.8) is 0 Å². The van der Waals surface area contributed by atoms with Crippen LogP contribution in [0, 0.1) is 0 Å². The van der Waals surface area contributed by atoms with E-state index in [1.165, 1.54) is 43.3 Å². The number of alkyl halides is 3. The zero-order valence-corrected chi connectivity index (χ0v) is 18.6. The van der Waals surface area contributed by atoms with Crippen molar-refractivity contribution in [1.82, 2.24) is 10.2 Å². The van der Waals surface area contributed by atoms with E-state index in [4.69, 9.17) is 11.6 Å². The Morgan fingerprint density at radius 3 is 2.12 bits per heavy atom. The predicted molar refractivity (Wildman–Crippen MR) is 112 cm³/mol. The van der Waals surface area contributed by atoms with Crippen LogP contribution in [0.15, 0.2) is 64.5 Å². The average Bonchev–Trinajstić information content (AvgIpc) is 2.73. The summed E-state index contributed by atoms with van der Waals surface area (Å²) in [6.45, 7) is 1.48. The first-order valence-corrected chi connectivity index (χ1v) is 12.4. The molecular formula is C19H15ClF3N3O4S2. The van der Waals surface area contributed by atoms with Crippen molar-refractivity contribution in [3.05, 3.63) is 65.2 Å². The number of aromatic nitrogens is 2. The van der Waals surface area contributed by atoms with Crippen molar-refractivity contribution in [1.29, 1.82) is 0 Å². The largest absolute Gasteiger partial charge is 0.416 e. The first-order chi connectivity index (χ1) is 14.8. The summed E-state index contributed by atoms with van der Waals surface area (Å²) in [6.07, 6.45) is -4.73. The molecule has 0 aliphatic heterocycles. The van der Waals surface area contributed by atoms with Gasteiger partial charge in [-0.05, 0) is 42.5 Å². The molecule has 0 radical (unpaired) electrons. The van der Waals surface area contributed by atoms with Crippen LogP contribution < -0.4 is 4.72 Å². The highest BCUT2D eigenvalue weighted by Gasteiger charge is 2.32. The van der Waals surface area contributed by atoms with Crippen LogP contribution in [0.4, 0.5) is 18.9 Å². The van der Waals surface area contributed by atoms with Crippen LogP contribution in [0.2, 0.25) is 5.02 Å². The molecule has 1 heterocycles. The fraction of sp³-hybridized carbons (Fsp3) is 0.158. The van der Waals surface area contributed by atoms with Gasteiger partial charge in [0.1, 0.15) is 4.90 Å². The fourth-order valence-electron chi connectivity index (χ4n) is 2.59. The van der Waals surface area contributed by atoms with Crippen LogP contribution in [0.1, 0.15) is 12.5 Å². The van der Waals surface area contributed by atoms with Crippen LogP contribution >= 0.6 is 11.6 Å². The highest BCUT2D eigenvalue weighted by molar-refractivity contribution is 7.92. The van der Waals surface area contributed by atoms with Crippen molar-refractivity contribution in [2.75, 3.05) is 10.5 Å². The molecule has 0 aliphatic rings. The number of nitrogens with one attached hydrogen (secondary N) is 1. The van der Waals surface area contributed by atoms with E-state index < -0.39 is 36.5 Å². The van der Waals surface area contributed by atoms with Gasteiger partial charge in [-0.25, -0.2) is 16.8 Å². The monoisotopic (exact) mass is 505 g/mol. The van der Waals surface area contributed by atoms with Crippen molar-refractivity contribution in [3.8, 4) is 11.3 Å². The van der Waals surface area contributed by atoms with Gasteiger partial charge in [0.2, 0.25) is 0 Å². The molecule has 0 aliphatic carbocycles. The normalized spacial score (nSPS) is 12.5. The number of sulfonamides is 1. The molecule has 3 rings (SSSR count). The van der Waals surface area contributed by atoms with Crippen molar-refractivity contribution < 1.29 is 30.0 Å². The Bertz CT molecular complexity index is 1340.